The SMILES string of the molecule is CN(CC(=O)Nc1ccc(Oc2ccccc2)cc1)S(=O)(=O)c1cccs1. The monoisotopic (exact) mass is 402 g/mol. The maximum Gasteiger partial charge on any atom is 0.252 e. The topological polar surface area (TPSA) is 75.7 Å². The number of ether oxygens (including phenoxy) is 1. The van der Waals surface area contributed by atoms with Crippen LogP contribution in [0.15, 0.2) is 76.3 Å². The Labute approximate surface area is 162 Å². The summed E-state index contributed by atoms with van der Waals surface area (Å²) in [5.41, 5.74) is 0.558. The van der Waals surface area contributed by atoms with Gasteiger partial charge in [-0.15, -0.1) is 11.3 Å². The smallest absolute Gasteiger partial charge is 0.252 e. The highest BCUT2D eigenvalue weighted by molar-refractivity contribution is 7.91. The molecule has 140 valence electrons. The van der Waals surface area contributed by atoms with Crippen LogP contribution in [0.25, 0.3) is 0 Å². The number of benzene rings is 2. The summed E-state index contributed by atoms with van der Waals surface area (Å²) < 4.78 is 31.6. The van der Waals surface area contributed by atoms with Crippen LogP contribution in [0.1, 0.15) is 0 Å². The molecule has 0 bridgehead atoms. The molecule has 1 amide bonds. The Kier molecular flexibility index (Phi) is 5.90. The zero-order valence-electron chi connectivity index (χ0n) is 14.5. The van der Waals surface area contributed by atoms with Crippen molar-refractivity contribution in [1.82, 2.24) is 4.31 Å². The lowest BCUT2D eigenvalue weighted by Crippen LogP contribution is -2.34. The first kappa shape index (κ1) is 19.1. The fraction of sp³-hybridized carbons (Fsp3) is 0.105. The van der Waals surface area contributed by atoms with Gasteiger partial charge in [0.25, 0.3) is 10.0 Å². The molecule has 0 aliphatic rings. The van der Waals surface area contributed by atoms with E-state index in [1.165, 1.54) is 13.1 Å². The van der Waals surface area contributed by atoms with Gasteiger partial charge in [0.2, 0.25) is 5.91 Å². The molecule has 2 aromatic carbocycles. The molecule has 27 heavy (non-hydrogen) atoms. The summed E-state index contributed by atoms with van der Waals surface area (Å²) >= 11 is 1.12. The molecule has 0 aliphatic heterocycles. The molecule has 0 saturated carbocycles. The van der Waals surface area contributed by atoms with E-state index >= 15 is 0 Å². The van der Waals surface area contributed by atoms with Gasteiger partial charge in [-0.1, -0.05) is 24.3 Å². The highest BCUT2D eigenvalue weighted by Crippen LogP contribution is 2.23. The third-order valence-electron chi connectivity index (χ3n) is 3.64. The highest BCUT2D eigenvalue weighted by atomic mass is 32.2. The summed E-state index contributed by atoms with van der Waals surface area (Å²) in [7, 11) is -2.27. The minimum atomic E-state index is -3.65. The lowest BCUT2D eigenvalue weighted by atomic mass is 10.3. The van der Waals surface area contributed by atoms with Crippen molar-refractivity contribution in [2.24, 2.45) is 0 Å². The van der Waals surface area contributed by atoms with E-state index in [1.807, 2.05) is 30.3 Å². The van der Waals surface area contributed by atoms with Crippen molar-refractivity contribution in [2.75, 3.05) is 18.9 Å². The summed E-state index contributed by atoms with van der Waals surface area (Å²) in [5, 5.41) is 4.36. The predicted molar refractivity (Wildman–Crippen MR) is 106 cm³/mol. The minimum Gasteiger partial charge on any atom is -0.457 e. The first-order chi connectivity index (χ1) is 12.9. The molecule has 1 aromatic heterocycles. The second-order valence-electron chi connectivity index (χ2n) is 5.68. The second-order valence-corrected chi connectivity index (χ2v) is 8.90. The van der Waals surface area contributed by atoms with Gasteiger partial charge < -0.3 is 10.1 Å². The van der Waals surface area contributed by atoms with Crippen molar-refractivity contribution in [2.45, 2.75) is 4.21 Å². The molecule has 8 heteroatoms. The Hall–Kier alpha value is -2.68. The Balaban J connectivity index is 1.58. The quantitative estimate of drug-likeness (QED) is 0.652. The molecule has 0 saturated heterocycles. The van der Waals surface area contributed by atoms with E-state index in [0.717, 1.165) is 21.4 Å². The minimum absolute atomic E-state index is 0.209. The van der Waals surface area contributed by atoms with Crippen molar-refractivity contribution >= 4 is 33.0 Å². The normalized spacial score (nSPS) is 11.3. The van der Waals surface area contributed by atoms with Crippen LogP contribution in [-0.4, -0.2) is 32.2 Å². The number of carbonyl (C=O) groups is 1. The average Bonchev–Trinajstić information content (AvgIpc) is 3.20. The molecule has 3 aromatic rings. The molecule has 1 N–H and O–H groups in total. The van der Waals surface area contributed by atoms with Crippen LogP contribution >= 0.6 is 11.3 Å². The van der Waals surface area contributed by atoms with E-state index in [2.05, 4.69) is 5.32 Å². The van der Waals surface area contributed by atoms with E-state index in [-0.39, 0.29) is 10.8 Å². The third kappa shape index (κ3) is 4.94. The van der Waals surface area contributed by atoms with Crippen LogP contribution in [-0.2, 0) is 14.8 Å². The van der Waals surface area contributed by atoms with Crippen LogP contribution in [0.3, 0.4) is 0 Å². The number of nitrogens with zero attached hydrogens (tertiary/aromatic N) is 1. The van der Waals surface area contributed by atoms with Crippen LogP contribution in [0.5, 0.6) is 11.5 Å². The standard InChI is InChI=1S/C19H18N2O4S2/c1-21(27(23,24)19-8-5-13-26-19)14-18(22)20-15-9-11-17(12-10-15)25-16-6-3-2-4-7-16/h2-13H,14H2,1H3,(H,20,22). The molecule has 1 heterocycles. The molecular weight excluding hydrogens is 384 g/mol. The number of carbonyl (C=O) groups excluding carboxylic acids is 1. The molecule has 0 radical (unpaired) electrons. The molecule has 0 atom stereocenters. The molecule has 0 spiro atoms. The Morgan fingerprint density at radius 1 is 1.00 bits per heavy atom. The summed E-state index contributed by atoms with van der Waals surface area (Å²) in [6.45, 7) is -0.275. The number of rotatable bonds is 7. The first-order valence-electron chi connectivity index (χ1n) is 8.08. The maximum absolute atomic E-state index is 12.3. The summed E-state index contributed by atoms with van der Waals surface area (Å²) in [5.74, 6) is 0.931. The second kappa shape index (κ2) is 8.34. The van der Waals surface area contributed by atoms with E-state index in [1.54, 1.807) is 35.7 Å². The fourth-order valence-corrected chi connectivity index (χ4v) is 4.61. The van der Waals surface area contributed by atoms with Crippen LogP contribution in [0.2, 0.25) is 0 Å². The van der Waals surface area contributed by atoms with Gasteiger partial charge in [-0.2, -0.15) is 4.31 Å². The molecule has 0 aliphatic carbocycles. The summed E-state index contributed by atoms with van der Waals surface area (Å²) in [6.07, 6.45) is 0. The Bertz CT molecular complexity index is 986. The van der Waals surface area contributed by atoms with Gasteiger partial charge in [-0.05, 0) is 47.8 Å². The largest absolute Gasteiger partial charge is 0.457 e. The van der Waals surface area contributed by atoms with Crippen LogP contribution in [0, 0.1) is 0 Å². The van der Waals surface area contributed by atoms with Gasteiger partial charge in [-0.25, -0.2) is 8.42 Å². The molecule has 0 fully saturated rings. The number of amides is 1. The van der Waals surface area contributed by atoms with Crippen LogP contribution < -0.4 is 10.1 Å². The van der Waals surface area contributed by atoms with Crippen molar-refractivity contribution in [3.05, 3.63) is 72.1 Å². The Morgan fingerprint density at radius 3 is 2.30 bits per heavy atom. The van der Waals surface area contributed by atoms with E-state index in [4.69, 9.17) is 4.74 Å². The van der Waals surface area contributed by atoms with Gasteiger partial charge in [-0.3, -0.25) is 4.79 Å². The van der Waals surface area contributed by atoms with Crippen molar-refractivity contribution in [1.29, 1.82) is 0 Å². The van der Waals surface area contributed by atoms with Gasteiger partial charge >= 0.3 is 0 Å². The van der Waals surface area contributed by atoms with Crippen molar-refractivity contribution in [3.8, 4) is 11.5 Å². The number of para-hydroxylation sites is 1. The number of hydrogen-bond acceptors (Lipinski definition) is 5. The zero-order chi connectivity index (χ0) is 19.3. The molecular formula is C19H18N2O4S2. The van der Waals surface area contributed by atoms with Gasteiger partial charge in [0.15, 0.2) is 0 Å². The number of thiophene rings is 1. The number of sulfonamides is 1. The number of likely N-dealkylation sites (N-methyl/N-ethyl adjacent to an activating group) is 1. The lowest BCUT2D eigenvalue weighted by Gasteiger charge is -2.15. The number of hydrogen-bond donors (Lipinski definition) is 1. The predicted octanol–water partition coefficient (Wildman–Crippen LogP) is 3.80. The maximum atomic E-state index is 12.3. The summed E-state index contributed by atoms with van der Waals surface area (Å²) in [6, 6.07) is 19.4. The van der Waals surface area contributed by atoms with Crippen molar-refractivity contribution < 1.29 is 17.9 Å². The van der Waals surface area contributed by atoms with Gasteiger partial charge in [0.1, 0.15) is 15.7 Å². The van der Waals surface area contributed by atoms with E-state index < -0.39 is 15.9 Å². The molecule has 3 rings (SSSR count). The third-order valence-corrected chi connectivity index (χ3v) is 6.82. The Morgan fingerprint density at radius 2 is 1.67 bits per heavy atom. The number of anilines is 1. The molecule has 6 nitrogen and oxygen atoms in total. The van der Waals surface area contributed by atoms with Gasteiger partial charge in [0, 0.05) is 12.7 Å². The highest BCUT2D eigenvalue weighted by Gasteiger charge is 2.23. The fourth-order valence-electron chi connectivity index (χ4n) is 2.28. The van der Waals surface area contributed by atoms with Crippen LogP contribution in [0.4, 0.5) is 5.69 Å². The lowest BCUT2D eigenvalue weighted by molar-refractivity contribution is -0.116. The van der Waals surface area contributed by atoms with E-state index in [9.17, 15) is 13.2 Å². The average molecular weight is 402 g/mol. The first-order valence-corrected chi connectivity index (χ1v) is 10.4. The van der Waals surface area contributed by atoms with Gasteiger partial charge in [0.05, 0.1) is 6.54 Å². The number of nitrogens with one attached hydrogen (secondary N) is 1. The summed E-state index contributed by atoms with van der Waals surface area (Å²) in [4.78, 5) is 12.2. The zero-order valence-corrected chi connectivity index (χ0v) is 16.2. The van der Waals surface area contributed by atoms with Crippen molar-refractivity contribution in [3.63, 3.8) is 0 Å². The molecule has 0 unspecified atom stereocenters. The van der Waals surface area contributed by atoms with E-state index in [0.29, 0.717) is 11.4 Å².